The number of hydrogen-bond donors (Lipinski definition) is 2. The number of anilines is 1. The lowest BCUT2D eigenvalue weighted by molar-refractivity contribution is 0.390. The van der Waals surface area contributed by atoms with Crippen LogP contribution in [0.5, 0.6) is 0 Å². The maximum Gasteiger partial charge on any atom is 0.252 e. The first-order chi connectivity index (χ1) is 8.54. The fraction of sp³-hybridized carbons (Fsp3) is 0.692. The van der Waals surface area contributed by atoms with E-state index in [2.05, 4.69) is 41.2 Å². The third-order valence-electron chi connectivity index (χ3n) is 3.13. The Morgan fingerprint density at radius 1 is 1.56 bits per heavy atom. The maximum absolute atomic E-state index is 11.5. The van der Waals surface area contributed by atoms with Crippen LogP contribution in [0.15, 0.2) is 10.9 Å². The van der Waals surface area contributed by atoms with Crippen LogP contribution in [0.25, 0.3) is 0 Å². The van der Waals surface area contributed by atoms with E-state index in [9.17, 15) is 4.79 Å². The molecule has 5 nitrogen and oxygen atoms in total. The third-order valence-corrected chi connectivity index (χ3v) is 3.13. The zero-order valence-corrected chi connectivity index (χ0v) is 11.4. The van der Waals surface area contributed by atoms with Gasteiger partial charge in [0.05, 0.1) is 0 Å². The van der Waals surface area contributed by atoms with Crippen molar-refractivity contribution in [3.8, 4) is 0 Å². The van der Waals surface area contributed by atoms with Crippen molar-refractivity contribution in [3.05, 3.63) is 22.2 Å². The number of hydrogen-bond acceptors (Lipinski definition) is 4. The van der Waals surface area contributed by atoms with Gasteiger partial charge >= 0.3 is 0 Å². The molecule has 1 aliphatic carbocycles. The highest BCUT2D eigenvalue weighted by atomic mass is 16.1. The number of aromatic amines is 1. The molecule has 1 unspecified atom stereocenters. The van der Waals surface area contributed by atoms with Crippen LogP contribution >= 0.6 is 0 Å². The van der Waals surface area contributed by atoms with E-state index in [1.807, 2.05) is 0 Å². The highest BCUT2D eigenvalue weighted by Gasteiger charge is 2.26. The highest BCUT2D eigenvalue weighted by molar-refractivity contribution is 5.35. The zero-order chi connectivity index (χ0) is 13.1. The number of H-pyrrole nitrogens is 1. The summed E-state index contributed by atoms with van der Waals surface area (Å²) >= 11 is 0. The molecule has 0 saturated heterocycles. The van der Waals surface area contributed by atoms with E-state index < -0.39 is 0 Å². The van der Waals surface area contributed by atoms with Gasteiger partial charge < -0.3 is 15.2 Å². The molecular formula is C13H22N4O. The van der Waals surface area contributed by atoms with Crippen molar-refractivity contribution in [1.29, 1.82) is 0 Å². The van der Waals surface area contributed by atoms with Crippen LogP contribution in [-0.2, 0) is 0 Å². The van der Waals surface area contributed by atoms with E-state index in [-0.39, 0.29) is 5.56 Å². The summed E-state index contributed by atoms with van der Waals surface area (Å²) in [5, 5.41) is 3.30. The predicted molar refractivity (Wildman–Crippen MR) is 73.1 cm³/mol. The first-order valence-electron chi connectivity index (χ1n) is 6.57. The second-order valence-corrected chi connectivity index (χ2v) is 5.43. The molecule has 0 spiro atoms. The minimum atomic E-state index is -0.0609. The molecule has 0 aliphatic heterocycles. The fourth-order valence-corrected chi connectivity index (χ4v) is 1.88. The number of aromatic nitrogens is 2. The Morgan fingerprint density at radius 3 is 2.89 bits per heavy atom. The van der Waals surface area contributed by atoms with Crippen LogP contribution in [0.2, 0.25) is 0 Å². The number of nitrogens with one attached hydrogen (secondary N) is 2. The predicted octanol–water partition coefficient (Wildman–Crippen LogP) is 1.40. The molecule has 100 valence electrons. The summed E-state index contributed by atoms with van der Waals surface area (Å²) in [5.41, 5.74) is -0.0609. The summed E-state index contributed by atoms with van der Waals surface area (Å²) in [6.45, 7) is 3.13. The Bertz CT molecular complexity index is 451. The summed E-state index contributed by atoms with van der Waals surface area (Å²) in [4.78, 5) is 21.0. The van der Waals surface area contributed by atoms with Crippen molar-refractivity contribution in [2.24, 2.45) is 0 Å². The second-order valence-electron chi connectivity index (χ2n) is 5.43. The van der Waals surface area contributed by atoms with Gasteiger partial charge in [0, 0.05) is 18.0 Å². The maximum atomic E-state index is 11.5. The number of nitrogens with zero attached hydrogens (tertiary/aromatic N) is 2. The highest BCUT2D eigenvalue weighted by Crippen LogP contribution is 2.37. The van der Waals surface area contributed by atoms with Crippen LogP contribution in [0, 0.1) is 0 Å². The topological polar surface area (TPSA) is 61.0 Å². The summed E-state index contributed by atoms with van der Waals surface area (Å²) in [7, 11) is 4.12. The van der Waals surface area contributed by atoms with Gasteiger partial charge in [0.2, 0.25) is 0 Å². The zero-order valence-electron chi connectivity index (χ0n) is 11.4. The summed E-state index contributed by atoms with van der Waals surface area (Å²) in [6, 6.07) is 1.85. The first kappa shape index (κ1) is 13.1. The van der Waals surface area contributed by atoms with Crippen LogP contribution < -0.4 is 10.9 Å². The molecule has 0 aromatic carbocycles. The molecule has 1 heterocycles. The lowest BCUT2D eigenvalue weighted by atomic mass is 10.2. The number of rotatable bonds is 6. The third kappa shape index (κ3) is 3.84. The molecule has 1 aromatic rings. The van der Waals surface area contributed by atoms with E-state index in [0.29, 0.717) is 17.8 Å². The van der Waals surface area contributed by atoms with E-state index in [4.69, 9.17) is 0 Å². The molecule has 1 saturated carbocycles. The van der Waals surface area contributed by atoms with Crippen molar-refractivity contribution in [1.82, 2.24) is 14.9 Å². The Morgan fingerprint density at radius 2 is 2.28 bits per heavy atom. The van der Waals surface area contributed by atoms with Crippen LogP contribution in [0.1, 0.15) is 37.9 Å². The molecule has 5 heteroatoms. The molecule has 1 fully saturated rings. The standard InChI is InChI=1S/C13H22N4O/c1-9(6-7-17(2)3)14-11-8-12(18)16-13(15-11)10-4-5-10/h8-10H,4-7H2,1-3H3,(H2,14,15,16,18). The van der Waals surface area contributed by atoms with Crippen molar-refractivity contribution < 1.29 is 0 Å². The van der Waals surface area contributed by atoms with E-state index in [1.165, 1.54) is 6.07 Å². The Kier molecular flexibility index (Phi) is 4.01. The molecule has 0 radical (unpaired) electrons. The molecule has 1 aliphatic rings. The Balaban J connectivity index is 1.97. The monoisotopic (exact) mass is 250 g/mol. The van der Waals surface area contributed by atoms with Crippen LogP contribution in [-0.4, -0.2) is 41.5 Å². The summed E-state index contributed by atoms with van der Waals surface area (Å²) < 4.78 is 0. The largest absolute Gasteiger partial charge is 0.367 e. The minimum Gasteiger partial charge on any atom is -0.367 e. The molecule has 0 amide bonds. The molecular weight excluding hydrogens is 228 g/mol. The van der Waals surface area contributed by atoms with Gasteiger partial charge in [0.15, 0.2) is 0 Å². The van der Waals surface area contributed by atoms with Gasteiger partial charge in [-0.3, -0.25) is 4.79 Å². The van der Waals surface area contributed by atoms with E-state index >= 15 is 0 Å². The molecule has 18 heavy (non-hydrogen) atoms. The van der Waals surface area contributed by atoms with Crippen LogP contribution in [0.4, 0.5) is 5.82 Å². The lowest BCUT2D eigenvalue weighted by Gasteiger charge is -2.17. The van der Waals surface area contributed by atoms with Gasteiger partial charge in [-0.2, -0.15) is 0 Å². The fourth-order valence-electron chi connectivity index (χ4n) is 1.88. The molecule has 0 bridgehead atoms. The van der Waals surface area contributed by atoms with Gasteiger partial charge in [-0.15, -0.1) is 0 Å². The summed E-state index contributed by atoms with van der Waals surface area (Å²) in [5.74, 6) is 2.01. The van der Waals surface area contributed by atoms with Gasteiger partial charge in [0.25, 0.3) is 5.56 Å². The van der Waals surface area contributed by atoms with Gasteiger partial charge in [-0.25, -0.2) is 4.98 Å². The molecule has 1 atom stereocenters. The molecule has 2 N–H and O–H groups in total. The van der Waals surface area contributed by atoms with Gasteiger partial charge in [-0.05, 0) is 46.8 Å². The van der Waals surface area contributed by atoms with Crippen molar-refractivity contribution in [2.75, 3.05) is 26.0 Å². The van der Waals surface area contributed by atoms with Gasteiger partial charge in [0.1, 0.15) is 11.6 Å². The first-order valence-corrected chi connectivity index (χ1v) is 6.57. The van der Waals surface area contributed by atoms with Gasteiger partial charge in [-0.1, -0.05) is 0 Å². The minimum absolute atomic E-state index is 0.0609. The Labute approximate surface area is 108 Å². The van der Waals surface area contributed by atoms with Crippen LogP contribution in [0.3, 0.4) is 0 Å². The lowest BCUT2D eigenvalue weighted by Crippen LogP contribution is -2.24. The molecule has 1 aromatic heterocycles. The SMILES string of the molecule is CC(CCN(C)C)Nc1cc(=O)[nH]c(C2CC2)n1. The van der Waals surface area contributed by atoms with Crippen molar-refractivity contribution in [3.63, 3.8) is 0 Å². The quantitative estimate of drug-likeness (QED) is 0.801. The van der Waals surface area contributed by atoms with E-state index in [1.54, 1.807) is 0 Å². The van der Waals surface area contributed by atoms with E-state index in [0.717, 1.165) is 31.6 Å². The average Bonchev–Trinajstić information content (AvgIpc) is 3.09. The Hall–Kier alpha value is -1.36. The second kappa shape index (κ2) is 5.52. The summed E-state index contributed by atoms with van der Waals surface area (Å²) in [6.07, 6.45) is 3.31. The smallest absolute Gasteiger partial charge is 0.252 e. The van der Waals surface area contributed by atoms with Crippen molar-refractivity contribution >= 4 is 5.82 Å². The molecule has 2 rings (SSSR count). The normalized spacial score (nSPS) is 16.9. The average molecular weight is 250 g/mol. The van der Waals surface area contributed by atoms with Crippen molar-refractivity contribution in [2.45, 2.75) is 38.1 Å².